The van der Waals surface area contributed by atoms with Gasteiger partial charge in [-0.05, 0) is 34.1 Å². The Kier molecular flexibility index (Phi) is 6.49. The van der Waals surface area contributed by atoms with E-state index in [-0.39, 0.29) is 12.5 Å². The van der Waals surface area contributed by atoms with E-state index in [1.54, 1.807) is 30.0 Å². The Labute approximate surface area is 149 Å². The van der Waals surface area contributed by atoms with E-state index in [9.17, 15) is 4.79 Å². The van der Waals surface area contributed by atoms with Crippen LogP contribution in [0.3, 0.4) is 0 Å². The summed E-state index contributed by atoms with van der Waals surface area (Å²) in [4.78, 5) is 11.9. The number of hydrogen-bond donors (Lipinski definition) is 1. The minimum Gasteiger partial charge on any atom is -0.483 e. The van der Waals surface area contributed by atoms with Crippen LogP contribution in [0.2, 0.25) is 5.02 Å². The van der Waals surface area contributed by atoms with Gasteiger partial charge in [0, 0.05) is 10.3 Å². The van der Waals surface area contributed by atoms with Crippen molar-refractivity contribution in [1.82, 2.24) is 10.2 Å². The molecule has 0 fully saturated rings. The number of halogens is 2. The van der Waals surface area contributed by atoms with Crippen molar-refractivity contribution in [3.05, 3.63) is 27.7 Å². The molecule has 2 rings (SSSR count). The van der Waals surface area contributed by atoms with E-state index in [2.05, 4.69) is 45.3 Å². The largest absolute Gasteiger partial charge is 0.483 e. The number of benzene rings is 1. The molecule has 5 nitrogen and oxygen atoms in total. The maximum atomic E-state index is 11.9. The molecule has 0 radical (unpaired) electrons. The van der Waals surface area contributed by atoms with Crippen LogP contribution >= 0.6 is 50.6 Å². The number of ether oxygens (including phenoxy) is 1. The van der Waals surface area contributed by atoms with Gasteiger partial charge in [-0.1, -0.05) is 48.5 Å². The Hall–Kier alpha value is -0.830. The van der Waals surface area contributed by atoms with Crippen LogP contribution in [0.5, 0.6) is 5.75 Å². The summed E-state index contributed by atoms with van der Waals surface area (Å²) in [5, 5.41) is 12.1. The van der Waals surface area contributed by atoms with E-state index in [0.29, 0.717) is 25.6 Å². The highest BCUT2D eigenvalue weighted by Gasteiger charge is 2.11. The van der Waals surface area contributed by atoms with Crippen LogP contribution in [0.1, 0.15) is 13.8 Å². The Bertz CT molecular complexity index is 666. The second kappa shape index (κ2) is 8.14. The minimum absolute atomic E-state index is 0.119. The Morgan fingerprint density at radius 2 is 2.27 bits per heavy atom. The van der Waals surface area contributed by atoms with E-state index < -0.39 is 0 Å². The third-order valence-corrected chi connectivity index (χ3v) is 5.02. The highest BCUT2D eigenvalue weighted by molar-refractivity contribution is 9.10. The van der Waals surface area contributed by atoms with Crippen LogP contribution < -0.4 is 10.1 Å². The summed E-state index contributed by atoms with van der Waals surface area (Å²) in [5.41, 5.74) is 0. The molecule has 0 aliphatic rings. The van der Waals surface area contributed by atoms with Gasteiger partial charge in [0.25, 0.3) is 5.91 Å². The molecule has 1 heterocycles. The summed E-state index contributed by atoms with van der Waals surface area (Å²) in [6.07, 6.45) is 0. The monoisotopic (exact) mass is 421 g/mol. The molecule has 1 N–H and O–H groups in total. The van der Waals surface area contributed by atoms with Crippen LogP contribution in [-0.2, 0) is 4.79 Å². The van der Waals surface area contributed by atoms with E-state index in [1.165, 1.54) is 11.3 Å². The maximum Gasteiger partial charge on any atom is 0.264 e. The Morgan fingerprint density at radius 3 is 2.95 bits per heavy atom. The van der Waals surface area contributed by atoms with Gasteiger partial charge < -0.3 is 4.74 Å². The number of rotatable bonds is 6. The fraction of sp³-hybridized carbons (Fsp3) is 0.308. The van der Waals surface area contributed by atoms with Crippen molar-refractivity contribution in [1.29, 1.82) is 0 Å². The van der Waals surface area contributed by atoms with Crippen LogP contribution in [0.4, 0.5) is 5.13 Å². The van der Waals surface area contributed by atoms with Gasteiger partial charge in [-0.15, -0.1) is 10.2 Å². The van der Waals surface area contributed by atoms with Gasteiger partial charge in [0.05, 0.1) is 4.47 Å². The zero-order valence-corrected chi connectivity index (χ0v) is 15.8. The zero-order valence-electron chi connectivity index (χ0n) is 11.8. The van der Waals surface area contributed by atoms with Crippen molar-refractivity contribution in [2.24, 2.45) is 0 Å². The molecule has 0 saturated carbocycles. The van der Waals surface area contributed by atoms with Gasteiger partial charge in [-0.2, -0.15) is 0 Å². The lowest BCUT2D eigenvalue weighted by Crippen LogP contribution is -2.20. The van der Waals surface area contributed by atoms with Gasteiger partial charge in [0.2, 0.25) is 5.13 Å². The number of carbonyl (C=O) groups excluding carboxylic acids is 1. The summed E-state index contributed by atoms with van der Waals surface area (Å²) in [5.74, 6) is 0.256. The van der Waals surface area contributed by atoms with Gasteiger partial charge in [0.1, 0.15) is 5.75 Å². The summed E-state index contributed by atoms with van der Waals surface area (Å²) in [7, 11) is 0. The van der Waals surface area contributed by atoms with Crippen molar-refractivity contribution < 1.29 is 9.53 Å². The summed E-state index contributed by atoms with van der Waals surface area (Å²) < 4.78 is 6.95. The van der Waals surface area contributed by atoms with Crippen LogP contribution in [0.25, 0.3) is 0 Å². The van der Waals surface area contributed by atoms with E-state index >= 15 is 0 Å². The van der Waals surface area contributed by atoms with Gasteiger partial charge in [-0.25, -0.2) is 0 Å². The molecule has 1 amide bonds. The number of amides is 1. The molecule has 0 spiro atoms. The van der Waals surface area contributed by atoms with Crippen LogP contribution in [0, 0.1) is 0 Å². The summed E-state index contributed by atoms with van der Waals surface area (Å²) in [6.45, 7) is 4.02. The highest BCUT2D eigenvalue weighted by Crippen LogP contribution is 2.29. The second-order valence-electron chi connectivity index (χ2n) is 4.45. The quantitative estimate of drug-likeness (QED) is 0.549. The maximum absolute atomic E-state index is 11.9. The number of carbonyl (C=O) groups is 1. The molecule has 22 heavy (non-hydrogen) atoms. The minimum atomic E-state index is -0.293. The molecule has 1 aromatic heterocycles. The molecule has 0 saturated heterocycles. The van der Waals surface area contributed by atoms with Crippen LogP contribution in [-0.4, -0.2) is 28.0 Å². The third kappa shape index (κ3) is 5.42. The fourth-order valence-electron chi connectivity index (χ4n) is 1.40. The molecule has 2 aromatic rings. The molecular weight excluding hydrogens is 410 g/mol. The van der Waals surface area contributed by atoms with Crippen molar-refractivity contribution >= 4 is 61.7 Å². The molecule has 118 valence electrons. The molecule has 9 heteroatoms. The molecule has 0 aliphatic carbocycles. The number of thioether (sulfide) groups is 1. The fourth-order valence-corrected chi connectivity index (χ4v) is 4.19. The topological polar surface area (TPSA) is 64.1 Å². The summed E-state index contributed by atoms with van der Waals surface area (Å²) in [6, 6.07) is 5.09. The average Bonchev–Trinajstić information content (AvgIpc) is 2.84. The number of anilines is 1. The number of aromatic nitrogens is 2. The van der Waals surface area contributed by atoms with Crippen LogP contribution in [0.15, 0.2) is 27.0 Å². The average molecular weight is 423 g/mol. The number of nitrogens with one attached hydrogen (secondary N) is 1. The van der Waals surface area contributed by atoms with Crippen molar-refractivity contribution in [3.63, 3.8) is 0 Å². The Balaban J connectivity index is 1.86. The lowest BCUT2D eigenvalue weighted by atomic mass is 10.3. The van der Waals surface area contributed by atoms with Gasteiger partial charge in [0.15, 0.2) is 10.9 Å². The smallest absolute Gasteiger partial charge is 0.264 e. The SMILES string of the molecule is CC(C)Sc1nnc(NC(=O)COc2ccc(Cl)cc2Br)s1. The number of hydrogen-bond acceptors (Lipinski definition) is 6. The lowest BCUT2D eigenvalue weighted by Gasteiger charge is -2.07. The van der Waals surface area contributed by atoms with Gasteiger partial charge >= 0.3 is 0 Å². The number of nitrogens with zero attached hydrogens (tertiary/aromatic N) is 2. The van der Waals surface area contributed by atoms with Crippen molar-refractivity contribution in [2.45, 2.75) is 23.4 Å². The predicted molar refractivity (Wildman–Crippen MR) is 94.2 cm³/mol. The molecule has 0 unspecified atom stereocenters. The first-order chi connectivity index (χ1) is 10.4. The molecule has 0 atom stereocenters. The first-order valence-corrected chi connectivity index (χ1v) is 9.18. The zero-order chi connectivity index (χ0) is 16.1. The second-order valence-corrected chi connectivity index (χ2v) is 8.54. The van der Waals surface area contributed by atoms with Crippen molar-refractivity contribution in [3.8, 4) is 5.75 Å². The molecule has 0 bridgehead atoms. The van der Waals surface area contributed by atoms with Crippen molar-refractivity contribution in [2.75, 3.05) is 11.9 Å². The molecule has 0 aliphatic heterocycles. The summed E-state index contributed by atoms with van der Waals surface area (Å²) >= 11 is 12.1. The molecule has 1 aromatic carbocycles. The first-order valence-electron chi connectivity index (χ1n) is 6.32. The normalized spacial score (nSPS) is 10.8. The highest BCUT2D eigenvalue weighted by atomic mass is 79.9. The van der Waals surface area contributed by atoms with E-state index in [1.807, 2.05) is 0 Å². The van der Waals surface area contributed by atoms with E-state index in [4.69, 9.17) is 16.3 Å². The predicted octanol–water partition coefficient (Wildman–Crippen LogP) is 4.47. The lowest BCUT2D eigenvalue weighted by molar-refractivity contribution is -0.118. The molecular formula is C13H13BrClN3O2S2. The first kappa shape index (κ1) is 17.5. The Morgan fingerprint density at radius 1 is 1.50 bits per heavy atom. The third-order valence-electron chi connectivity index (χ3n) is 2.24. The standard InChI is InChI=1S/C13H13BrClN3O2S2/c1-7(2)21-13-18-17-12(22-13)16-11(19)6-20-10-4-3-8(15)5-9(10)14/h3-5,7H,6H2,1-2H3,(H,16,17,19). The van der Waals surface area contributed by atoms with E-state index in [0.717, 1.165) is 4.34 Å². The van der Waals surface area contributed by atoms with Gasteiger partial charge in [-0.3, -0.25) is 10.1 Å².